The van der Waals surface area contributed by atoms with Crippen molar-refractivity contribution < 1.29 is 14.6 Å². The molecular formula is C22H28N2O3. The van der Waals surface area contributed by atoms with E-state index in [1.165, 1.54) is 12.8 Å². The maximum Gasteiger partial charge on any atom is 0.214 e. The SMILES string of the molecule is COc1ccc2c(c1)N[C@@H](C1CC1)[C@H](C)C2NC(O)OCc1ccccc1. The average molecular weight is 368 g/mol. The van der Waals surface area contributed by atoms with Crippen molar-refractivity contribution in [3.8, 4) is 5.75 Å². The van der Waals surface area contributed by atoms with E-state index in [1.807, 2.05) is 42.5 Å². The van der Waals surface area contributed by atoms with E-state index in [0.717, 1.165) is 22.6 Å². The summed E-state index contributed by atoms with van der Waals surface area (Å²) in [5.41, 5.74) is 3.26. The van der Waals surface area contributed by atoms with E-state index in [-0.39, 0.29) is 6.04 Å². The van der Waals surface area contributed by atoms with Gasteiger partial charge in [0.2, 0.25) is 6.41 Å². The molecule has 0 bridgehead atoms. The number of hydrogen-bond acceptors (Lipinski definition) is 5. The molecule has 4 atom stereocenters. The summed E-state index contributed by atoms with van der Waals surface area (Å²) in [6.45, 7) is 2.61. The molecule has 1 heterocycles. The molecule has 2 aliphatic rings. The van der Waals surface area contributed by atoms with E-state index < -0.39 is 6.41 Å². The summed E-state index contributed by atoms with van der Waals surface area (Å²) < 4.78 is 11.0. The van der Waals surface area contributed by atoms with Crippen molar-refractivity contribution in [1.82, 2.24) is 5.32 Å². The van der Waals surface area contributed by atoms with Crippen LogP contribution in [0.2, 0.25) is 0 Å². The lowest BCUT2D eigenvalue weighted by atomic mass is 9.81. The van der Waals surface area contributed by atoms with E-state index in [9.17, 15) is 5.11 Å². The molecule has 2 aromatic rings. The van der Waals surface area contributed by atoms with E-state index in [2.05, 4.69) is 23.6 Å². The molecule has 0 spiro atoms. The fraction of sp³-hybridized carbons (Fsp3) is 0.455. The number of ether oxygens (including phenoxy) is 2. The fourth-order valence-electron chi connectivity index (χ4n) is 4.06. The van der Waals surface area contributed by atoms with Crippen molar-refractivity contribution in [3.05, 3.63) is 59.7 Å². The fourth-order valence-corrected chi connectivity index (χ4v) is 4.06. The summed E-state index contributed by atoms with van der Waals surface area (Å²) in [6.07, 6.45) is 1.51. The zero-order valence-corrected chi connectivity index (χ0v) is 15.9. The summed E-state index contributed by atoms with van der Waals surface area (Å²) in [4.78, 5) is 0. The molecule has 0 aromatic heterocycles. The Labute approximate surface area is 160 Å². The van der Waals surface area contributed by atoms with Crippen LogP contribution in [0.3, 0.4) is 0 Å². The number of hydrogen-bond donors (Lipinski definition) is 3. The number of fused-ring (bicyclic) bond motifs is 1. The van der Waals surface area contributed by atoms with Crippen LogP contribution in [0.15, 0.2) is 48.5 Å². The second kappa shape index (κ2) is 7.89. The lowest BCUT2D eigenvalue weighted by molar-refractivity contribution is -0.137. The van der Waals surface area contributed by atoms with Gasteiger partial charge in [0.25, 0.3) is 0 Å². The molecule has 1 aliphatic carbocycles. The van der Waals surface area contributed by atoms with Crippen molar-refractivity contribution in [1.29, 1.82) is 0 Å². The number of anilines is 1. The van der Waals surface area contributed by atoms with Crippen molar-refractivity contribution in [3.63, 3.8) is 0 Å². The first kappa shape index (κ1) is 18.3. The Hall–Kier alpha value is -2.08. The molecule has 2 unspecified atom stereocenters. The van der Waals surface area contributed by atoms with Gasteiger partial charge >= 0.3 is 0 Å². The highest BCUT2D eigenvalue weighted by molar-refractivity contribution is 5.59. The van der Waals surface area contributed by atoms with Crippen LogP contribution in [0, 0.1) is 11.8 Å². The highest BCUT2D eigenvalue weighted by atomic mass is 16.6. The van der Waals surface area contributed by atoms with Gasteiger partial charge in [0.05, 0.1) is 13.7 Å². The molecule has 1 saturated carbocycles. The van der Waals surface area contributed by atoms with Crippen LogP contribution in [-0.4, -0.2) is 24.7 Å². The van der Waals surface area contributed by atoms with Gasteiger partial charge in [0.1, 0.15) is 5.75 Å². The number of methoxy groups -OCH3 is 1. The maximum absolute atomic E-state index is 10.5. The molecule has 0 amide bonds. The Bertz CT molecular complexity index is 763. The van der Waals surface area contributed by atoms with E-state index in [4.69, 9.17) is 9.47 Å². The first-order valence-electron chi connectivity index (χ1n) is 9.70. The van der Waals surface area contributed by atoms with E-state index >= 15 is 0 Å². The van der Waals surface area contributed by atoms with Crippen LogP contribution < -0.4 is 15.4 Å². The largest absolute Gasteiger partial charge is 0.497 e. The molecule has 2 aromatic carbocycles. The lowest BCUT2D eigenvalue weighted by Crippen LogP contribution is -2.46. The first-order chi connectivity index (χ1) is 13.2. The monoisotopic (exact) mass is 368 g/mol. The van der Waals surface area contributed by atoms with Crippen LogP contribution >= 0.6 is 0 Å². The van der Waals surface area contributed by atoms with Crippen molar-refractivity contribution in [2.24, 2.45) is 11.8 Å². The average Bonchev–Trinajstić information content (AvgIpc) is 3.54. The highest BCUT2D eigenvalue weighted by Crippen LogP contribution is 2.46. The number of aliphatic hydroxyl groups is 1. The second-order valence-corrected chi connectivity index (χ2v) is 7.61. The smallest absolute Gasteiger partial charge is 0.214 e. The molecule has 1 fully saturated rings. The van der Waals surface area contributed by atoms with Crippen molar-refractivity contribution >= 4 is 5.69 Å². The minimum absolute atomic E-state index is 0.0172. The predicted octanol–water partition coefficient (Wildman–Crippen LogP) is 3.66. The summed E-state index contributed by atoms with van der Waals surface area (Å²) >= 11 is 0. The summed E-state index contributed by atoms with van der Waals surface area (Å²) in [5.74, 6) is 1.88. The molecule has 27 heavy (non-hydrogen) atoms. The molecule has 1 aliphatic heterocycles. The third-order valence-corrected chi connectivity index (χ3v) is 5.71. The summed E-state index contributed by atoms with van der Waals surface area (Å²) in [6, 6.07) is 16.4. The summed E-state index contributed by atoms with van der Waals surface area (Å²) in [7, 11) is 1.68. The topological polar surface area (TPSA) is 62.8 Å². The summed E-state index contributed by atoms with van der Waals surface area (Å²) in [5, 5.41) is 17.5. The van der Waals surface area contributed by atoms with Gasteiger partial charge in [-0.25, -0.2) is 0 Å². The molecule has 5 heteroatoms. The van der Waals surface area contributed by atoms with Crippen LogP contribution in [0.5, 0.6) is 5.75 Å². The Morgan fingerprint density at radius 1 is 1.19 bits per heavy atom. The predicted molar refractivity (Wildman–Crippen MR) is 105 cm³/mol. The van der Waals surface area contributed by atoms with Gasteiger partial charge in [-0.1, -0.05) is 43.3 Å². The van der Waals surface area contributed by atoms with Gasteiger partial charge in [-0.2, -0.15) is 0 Å². The Morgan fingerprint density at radius 3 is 2.67 bits per heavy atom. The zero-order valence-electron chi connectivity index (χ0n) is 15.9. The Morgan fingerprint density at radius 2 is 1.96 bits per heavy atom. The van der Waals surface area contributed by atoms with Gasteiger partial charge in [0.15, 0.2) is 0 Å². The van der Waals surface area contributed by atoms with Crippen molar-refractivity contribution in [2.45, 2.75) is 44.9 Å². The Balaban J connectivity index is 1.49. The molecule has 0 radical (unpaired) electrons. The van der Waals surface area contributed by atoms with Crippen LogP contribution in [-0.2, 0) is 11.3 Å². The normalized spacial score (nSPS) is 25.4. The maximum atomic E-state index is 10.5. The van der Waals surface area contributed by atoms with Gasteiger partial charge in [-0.05, 0) is 41.9 Å². The molecule has 144 valence electrons. The highest BCUT2D eigenvalue weighted by Gasteiger charge is 2.42. The van der Waals surface area contributed by atoms with Crippen LogP contribution in [0.1, 0.15) is 36.9 Å². The van der Waals surface area contributed by atoms with Gasteiger partial charge < -0.3 is 19.9 Å². The van der Waals surface area contributed by atoms with Crippen LogP contribution in [0.25, 0.3) is 0 Å². The third-order valence-electron chi connectivity index (χ3n) is 5.71. The first-order valence-corrected chi connectivity index (χ1v) is 9.70. The number of rotatable bonds is 7. The molecule has 0 saturated heterocycles. The van der Waals surface area contributed by atoms with E-state index in [1.54, 1.807) is 7.11 Å². The Kier molecular flexibility index (Phi) is 5.34. The minimum Gasteiger partial charge on any atom is -0.497 e. The minimum atomic E-state index is -1.02. The molecule has 5 nitrogen and oxygen atoms in total. The number of nitrogens with one attached hydrogen (secondary N) is 2. The third kappa shape index (κ3) is 4.10. The lowest BCUT2D eigenvalue weighted by Gasteiger charge is -2.40. The van der Waals surface area contributed by atoms with Gasteiger partial charge in [0, 0.05) is 23.8 Å². The number of aliphatic hydroxyl groups excluding tert-OH is 1. The quantitative estimate of drug-likeness (QED) is 0.651. The van der Waals surface area contributed by atoms with E-state index in [0.29, 0.717) is 24.5 Å². The second-order valence-electron chi connectivity index (χ2n) is 7.61. The van der Waals surface area contributed by atoms with Gasteiger partial charge in [-0.3, -0.25) is 5.32 Å². The molecule has 4 rings (SSSR count). The van der Waals surface area contributed by atoms with Crippen LogP contribution in [0.4, 0.5) is 5.69 Å². The molecular weight excluding hydrogens is 340 g/mol. The number of benzene rings is 2. The van der Waals surface area contributed by atoms with Crippen molar-refractivity contribution in [2.75, 3.05) is 12.4 Å². The standard InChI is InChI=1S/C22H28N2O3/c1-14-20(16-8-9-16)23-19-12-17(26-2)10-11-18(19)21(14)24-22(25)27-13-15-6-4-3-5-7-15/h3-7,10-12,14,16,20-25H,8-9,13H2,1-2H3/t14-,20+,21?,22?/m0/s1. The van der Waals surface area contributed by atoms with Gasteiger partial charge in [-0.15, -0.1) is 0 Å². The zero-order chi connectivity index (χ0) is 18.8. The molecule has 3 N–H and O–H groups in total.